The molecule has 0 amide bonds. The number of nitrogen functional groups attached to an aromatic ring is 1. The van der Waals surface area contributed by atoms with Crippen molar-refractivity contribution in [3.63, 3.8) is 0 Å². The predicted octanol–water partition coefficient (Wildman–Crippen LogP) is 1.17. The first-order chi connectivity index (χ1) is 8.45. The summed E-state index contributed by atoms with van der Waals surface area (Å²) in [5, 5.41) is 25.6. The molecule has 0 unspecified atom stereocenters. The number of rotatable bonds is 6. The number of hydrogen-bond acceptors (Lipinski definition) is 4. The van der Waals surface area contributed by atoms with Gasteiger partial charge in [-0.3, -0.25) is 10.2 Å². The number of nitrogens with two attached hydrogens (primary N) is 1. The van der Waals surface area contributed by atoms with Crippen molar-refractivity contribution in [2.75, 3.05) is 6.61 Å². The maximum Gasteiger partial charge on any atom is 0.309 e. The molecule has 98 valence electrons. The fourth-order valence-corrected chi connectivity index (χ4v) is 1.39. The van der Waals surface area contributed by atoms with E-state index in [1.165, 1.54) is 18.2 Å². The summed E-state index contributed by atoms with van der Waals surface area (Å²) in [7, 11) is 0. The van der Waals surface area contributed by atoms with Gasteiger partial charge in [-0.05, 0) is 18.6 Å². The van der Waals surface area contributed by atoms with Crippen molar-refractivity contribution in [1.29, 1.82) is 5.41 Å². The van der Waals surface area contributed by atoms with Gasteiger partial charge < -0.3 is 20.7 Å². The van der Waals surface area contributed by atoms with Crippen LogP contribution in [0, 0.1) is 11.3 Å². The molecule has 0 spiro atoms. The molecule has 18 heavy (non-hydrogen) atoms. The molecule has 1 aromatic rings. The van der Waals surface area contributed by atoms with Crippen LogP contribution in [0.2, 0.25) is 0 Å². The second-order valence-electron chi connectivity index (χ2n) is 3.85. The largest absolute Gasteiger partial charge is 0.507 e. The molecule has 6 nitrogen and oxygen atoms in total. The van der Waals surface area contributed by atoms with Crippen LogP contribution in [-0.2, 0) is 4.79 Å². The van der Waals surface area contributed by atoms with E-state index in [1.54, 1.807) is 6.92 Å². The van der Waals surface area contributed by atoms with E-state index < -0.39 is 11.9 Å². The Morgan fingerprint density at radius 3 is 2.67 bits per heavy atom. The van der Waals surface area contributed by atoms with E-state index in [1.807, 2.05) is 0 Å². The zero-order valence-electron chi connectivity index (χ0n) is 10.0. The van der Waals surface area contributed by atoms with Crippen LogP contribution < -0.4 is 10.5 Å². The van der Waals surface area contributed by atoms with Gasteiger partial charge in [0.25, 0.3) is 0 Å². The first-order valence-electron chi connectivity index (χ1n) is 5.48. The minimum absolute atomic E-state index is 0.0324. The Hall–Kier alpha value is -2.24. The van der Waals surface area contributed by atoms with Crippen molar-refractivity contribution in [3.8, 4) is 11.5 Å². The molecule has 6 heteroatoms. The zero-order valence-corrected chi connectivity index (χ0v) is 10.0. The summed E-state index contributed by atoms with van der Waals surface area (Å²) in [5.74, 6) is -1.56. The Balaban J connectivity index is 2.72. The Bertz CT molecular complexity index is 459. The van der Waals surface area contributed by atoms with Crippen LogP contribution in [0.3, 0.4) is 0 Å². The molecule has 0 fully saturated rings. The van der Waals surface area contributed by atoms with Gasteiger partial charge in [0.1, 0.15) is 23.9 Å². The number of benzene rings is 1. The molecule has 0 saturated carbocycles. The first-order valence-corrected chi connectivity index (χ1v) is 5.48. The van der Waals surface area contributed by atoms with E-state index in [-0.39, 0.29) is 23.8 Å². The van der Waals surface area contributed by atoms with Crippen molar-refractivity contribution < 1.29 is 19.7 Å². The van der Waals surface area contributed by atoms with Crippen molar-refractivity contribution in [3.05, 3.63) is 23.8 Å². The third-order valence-electron chi connectivity index (χ3n) is 2.55. The van der Waals surface area contributed by atoms with Crippen molar-refractivity contribution in [2.24, 2.45) is 11.7 Å². The smallest absolute Gasteiger partial charge is 0.309 e. The van der Waals surface area contributed by atoms with Gasteiger partial charge in [0.05, 0.1) is 11.5 Å². The molecule has 1 rings (SSSR count). The Labute approximate surface area is 105 Å². The van der Waals surface area contributed by atoms with Crippen LogP contribution in [0.1, 0.15) is 18.9 Å². The molecule has 5 N–H and O–H groups in total. The molecule has 1 aromatic carbocycles. The second kappa shape index (κ2) is 5.90. The highest BCUT2D eigenvalue weighted by Crippen LogP contribution is 2.23. The maximum atomic E-state index is 10.8. The lowest BCUT2D eigenvalue weighted by Gasteiger charge is -2.12. The van der Waals surface area contributed by atoms with Gasteiger partial charge >= 0.3 is 5.97 Å². The van der Waals surface area contributed by atoms with Crippen LogP contribution >= 0.6 is 0 Å². The zero-order chi connectivity index (χ0) is 13.7. The summed E-state index contributed by atoms with van der Waals surface area (Å²) < 4.78 is 5.28. The summed E-state index contributed by atoms with van der Waals surface area (Å²) in [6, 6.07) is 4.30. The average molecular weight is 252 g/mol. The summed E-state index contributed by atoms with van der Waals surface area (Å²) in [6.07, 6.45) is 0.465. The number of ether oxygens (including phenoxy) is 1. The SMILES string of the molecule is CC[C@H](COc1ccc(C(=N)N)c(O)c1)C(=O)O. The third-order valence-corrected chi connectivity index (χ3v) is 2.55. The van der Waals surface area contributed by atoms with Gasteiger partial charge in [0, 0.05) is 6.07 Å². The number of hydrogen-bond donors (Lipinski definition) is 4. The average Bonchev–Trinajstić information content (AvgIpc) is 2.28. The summed E-state index contributed by atoms with van der Waals surface area (Å²) in [6.45, 7) is 1.79. The molecule has 0 aliphatic heterocycles. The topological polar surface area (TPSA) is 117 Å². The predicted molar refractivity (Wildman–Crippen MR) is 66.0 cm³/mol. The summed E-state index contributed by atoms with van der Waals surface area (Å²) >= 11 is 0. The number of phenolic OH excluding ortho intramolecular Hbond substituents is 1. The molecule has 0 aliphatic rings. The number of phenols is 1. The highest BCUT2D eigenvalue weighted by atomic mass is 16.5. The van der Waals surface area contributed by atoms with Crippen LogP contribution in [0.5, 0.6) is 11.5 Å². The first kappa shape index (κ1) is 13.8. The van der Waals surface area contributed by atoms with Gasteiger partial charge in [0.2, 0.25) is 0 Å². The highest BCUT2D eigenvalue weighted by Gasteiger charge is 2.16. The summed E-state index contributed by atoms with van der Waals surface area (Å²) in [5.41, 5.74) is 5.47. The molecule has 0 saturated heterocycles. The minimum atomic E-state index is -0.915. The number of aliphatic carboxylic acids is 1. The van der Waals surface area contributed by atoms with E-state index in [2.05, 4.69) is 0 Å². The van der Waals surface area contributed by atoms with Crippen molar-refractivity contribution in [2.45, 2.75) is 13.3 Å². The number of nitrogens with one attached hydrogen (secondary N) is 1. The van der Waals surface area contributed by atoms with Crippen molar-refractivity contribution >= 4 is 11.8 Å². The Morgan fingerprint density at radius 2 is 2.22 bits per heavy atom. The molecule has 0 radical (unpaired) electrons. The lowest BCUT2D eigenvalue weighted by Crippen LogP contribution is -2.20. The quantitative estimate of drug-likeness (QED) is 0.448. The minimum Gasteiger partial charge on any atom is -0.507 e. The van der Waals surface area contributed by atoms with Gasteiger partial charge in [-0.2, -0.15) is 0 Å². The lowest BCUT2D eigenvalue weighted by atomic mass is 10.1. The third kappa shape index (κ3) is 3.38. The van der Waals surface area contributed by atoms with Crippen LogP contribution in [0.4, 0.5) is 0 Å². The van der Waals surface area contributed by atoms with Gasteiger partial charge in [-0.15, -0.1) is 0 Å². The van der Waals surface area contributed by atoms with Gasteiger partial charge in [-0.1, -0.05) is 6.92 Å². The highest BCUT2D eigenvalue weighted by molar-refractivity contribution is 5.97. The Morgan fingerprint density at radius 1 is 1.56 bits per heavy atom. The standard InChI is InChI=1S/C12H16N2O4/c1-2-7(12(16)17)6-18-8-3-4-9(11(13)14)10(15)5-8/h3-5,7,15H,2,6H2,1H3,(H3,13,14)(H,16,17)/t7-/m1/s1. The monoisotopic (exact) mass is 252 g/mol. The maximum absolute atomic E-state index is 10.8. The number of carboxylic acid groups (broad SMARTS) is 1. The molecule has 1 atom stereocenters. The van der Waals surface area contributed by atoms with Gasteiger partial charge in [0.15, 0.2) is 0 Å². The fraction of sp³-hybridized carbons (Fsp3) is 0.333. The number of aromatic hydroxyl groups is 1. The van der Waals surface area contributed by atoms with Crippen molar-refractivity contribution in [1.82, 2.24) is 0 Å². The number of carboxylic acids is 1. The molecule has 0 aromatic heterocycles. The normalized spacial score (nSPS) is 11.8. The summed E-state index contributed by atoms with van der Waals surface area (Å²) in [4.78, 5) is 10.8. The molecule has 0 heterocycles. The van der Waals surface area contributed by atoms with Gasteiger partial charge in [-0.25, -0.2) is 0 Å². The number of carbonyl (C=O) groups is 1. The Kier molecular flexibility index (Phi) is 4.53. The number of amidine groups is 1. The second-order valence-corrected chi connectivity index (χ2v) is 3.85. The molecular weight excluding hydrogens is 236 g/mol. The van der Waals surface area contributed by atoms with E-state index in [0.717, 1.165) is 0 Å². The molecule has 0 aliphatic carbocycles. The van der Waals surface area contributed by atoms with Crippen LogP contribution in [-0.4, -0.2) is 28.6 Å². The molecule has 0 bridgehead atoms. The van der Waals surface area contributed by atoms with E-state index in [4.69, 9.17) is 21.0 Å². The van der Waals surface area contributed by atoms with E-state index in [0.29, 0.717) is 12.2 Å². The lowest BCUT2D eigenvalue weighted by molar-refractivity contribution is -0.142. The van der Waals surface area contributed by atoms with E-state index in [9.17, 15) is 9.90 Å². The van der Waals surface area contributed by atoms with Crippen LogP contribution in [0.15, 0.2) is 18.2 Å². The van der Waals surface area contributed by atoms with E-state index >= 15 is 0 Å². The molecular formula is C12H16N2O4. The van der Waals surface area contributed by atoms with Crippen LogP contribution in [0.25, 0.3) is 0 Å². The fourth-order valence-electron chi connectivity index (χ4n) is 1.39.